The summed E-state index contributed by atoms with van der Waals surface area (Å²) in [6.07, 6.45) is 5.80. The molecule has 2 N–H and O–H groups in total. The lowest BCUT2D eigenvalue weighted by Gasteiger charge is -2.18. The van der Waals surface area contributed by atoms with Gasteiger partial charge >= 0.3 is 0 Å². The van der Waals surface area contributed by atoms with Crippen LogP contribution in [0.2, 0.25) is 0 Å². The number of nitrogen functional groups attached to an aromatic ring is 1. The van der Waals surface area contributed by atoms with Crippen LogP contribution in [0.25, 0.3) is 11.3 Å². The third-order valence-electron chi connectivity index (χ3n) is 4.30. The van der Waals surface area contributed by atoms with Gasteiger partial charge in [0.25, 0.3) is 5.56 Å². The Morgan fingerprint density at radius 2 is 1.86 bits per heavy atom. The number of benzene rings is 1. The molecule has 0 saturated carbocycles. The van der Waals surface area contributed by atoms with E-state index in [0.717, 1.165) is 24.1 Å². The third-order valence-corrected chi connectivity index (χ3v) is 4.30. The van der Waals surface area contributed by atoms with Crippen molar-refractivity contribution in [3.8, 4) is 11.3 Å². The first-order chi connectivity index (χ1) is 10.2. The molecular weight excluding hydrogens is 260 g/mol. The van der Waals surface area contributed by atoms with E-state index >= 15 is 0 Å². The van der Waals surface area contributed by atoms with Crippen molar-refractivity contribution in [1.82, 2.24) is 4.57 Å². The molecule has 110 valence electrons. The maximum Gasteiger partial charge on any atom is 0.274 e. The molecule has 1 aliphatic rings. The second-order valence-electron chi connectivity index (χ2n) is 5.82. The third kappa shape index (κ3) is 2.60. The molecule has 1 heterocycles. The molecule has 1 aromatic carbocycles. The van der Waals surface area contributed by atoms with Crippen LogP contribution in [-0.4, -0.2) is 4.57 Å². The Morgan fingerprint density at radius 1 is 1.10 bits per heavy atom. The first-order valence-electron chi connectivity index (χ1n) is 7.82. The van der Waals surface area contributed by atoms with Gasteiger partial charge < -0.3 is 10.3 Å². The van der Waals surface area contributed by atoms with E-state index in [9.17, 15) is 4.79 Å². The van der Waals surface area contributed by atoms with Gasteiger partial charge in [0.05, 0.1) is 11.4 Å². The van der Waals surface area contributed by atoms with E-state index in [2.05, 4.69) is 25.1 Å². The normalized spacial score (nSPS) is 14.0. The fraction of sp³-hybridized carbons (Fsp3) is 0.389. The zero-order valence-corrected chi connectivity index (χ0v) is 12.6. The Bertz CT molecular complexity index is 716. The molecule has 0 aliphatic heterocycles. The average molecular weight is 282 g/mol. The smallest absolute Gasteiger partial charge is 0.274 e. The minimum Gasteiger partial charge on any atom is -0.394 e. The van der Waals surface area contributed by atoms with Gasteiger partial charge in [-0.05, 0) is 67.0 Å². The summed E-state index contributed by atoms with van der Waals surface area (Å²) < 4.78 is 1.81. The lowest BCUT2D eigenvalue weighted by Crippen LogP contribution is -2.24. The number of aryl methyl sites for hydroxylation is 2. The summed E-state index contributed by atoms with van der Waals surface area (Å²) in [5.41, 5.74) is 11.0. The van der Waals surface area contributed by atoms with E-state index in [-0.39, 0.29) is 5.56 Å². The average Bonchev–Trinajstić information content (AvgIpc) is 2.52. The summed E-state index contributed by atoms with van der Waals surface area (Å²) in [4.78, 5) is 12.3. The van der Waals surface area contributed by atoms with E-state index in [4.69, 9.17) is 5.73 Å². The van der Waals surface area contributed by atoms with Crippen LogP contribution >= 0.6 is 0 Å². The molecule has 21 heavy (non-hydrogen) atoms. The van der Waals surface area contributed by atoms with Gasteiger partial charge in [0.1, 0.15) is 0 Å². The van der Waals surface area contributed by atoms with Crippen LogP contribution in [0.3, 0.4) is 0 Å². The van der Waals surface area contributed by atoms with Crippen molar-refractivity contribution >= 4 is 5.69 Å². The minimum absolute atomic E-state index is 0.0768. The molecule has 0 saturated heterocycles. The number of nitrogens with two attached hydrogens (primary N) is 1. The lowest BCUT2D eigenvalue weighted by atomic mass is 9.90. The summed E-state index contributed by atoms with van der Waals surface area (Å²) in [6, 6.07) is 10.3. The van der Waals surface area contributed by atoms with Gasteiger partial charge in [0.15, 0.2) is 0 Å². The van der Waals surface area contributed by atoms with Crippen LogP contribution in [0.4, 0.5) is 5.69 Å². The predicted octanol–water partition coefficient (Wildman–Crippen LogP) is 3.39. The highest BCUT2D eigenvalue weighted by atomic mass is 16.1. The Hall–Kier alpha value is -2.03. The number of hydrogen-bond donors (Lipinski definition) is 1. The highest BCUT2D eigenvalue weighted by Gasteiger charge is 2.13. The Morgan fingerprint density at radius 3 is 2.62 bits per heavy atom. The van der Waals surface area contributed by atoms with Gasteiger partial charge in [0, 0.05) is 6.54 Å². The first kappa shape index (κ1) is 13.9. The van der Waals surface area contributed by atoms with Crippen LogP contribution < -0.4 is 11.3 Å². The Kier molecular flexibility index (Phi) is 3.82. The molecular formula is C18H22N2O. The molecule has 3 rings (SSSR count). The molecule has 0 unspecified atom stereocenters. The number of anilines is 1. The van der Waals surface area contributed by atoms with Crippen LogP contribution in [0, 0.1) is 0 Å². The number of aromatic nitrogens is 1. The van der Waals surface area contributed by atoms with Crippen LogP contribution in [0.5, 0.6) is 0 Å². The molecule has 0 radical (unpaired) electrons. The molecule has 1 aromatic heterocycles. The van der Waals surface area contributed by atoms with E-state index in [0.29, 0.717) is 12.2 Å². The standard InChI is InChI=1S/C18H22N2O/c1-2-11-20-17(10-9-16(19)18(20)21)15-8-7-13-5-3-4-6-14(13)12-15/h7-10,12H,2-6,11,19H2,1H3. The number of pyridine rings is 1. The van der Waals surface area contributed by atoms with Gasteiger partial charge in [0.2, 0.25) is 0 Å². The van der Waals surface area contributed by atoms with Gasteiger partial charge in [-0.25, -0.2) is 0 Å². The summed E-state index contributed by atoms with van der Waals surface area (Å²) in [5, 5.41) is 0. The second-order valence-corrected chi connectivity index (χ2v) is 5.82. The maximum atomic E-state index is 12.3. The van der Waals surface area contributed by atoms with E-state index in [1.165, 1.54) is 30.4 Å². The van der Waals surface area contributed by atoms with Crippen molar-refractivity contribution in [2.75, 3.05) is 5.73 Å². The molecule has 3 nitrogen and oxygen atoms in total. The molecule has 0 amide bonds. The summed E-state index contributed by atoms with van der Waals surface area (Å²) in [5.74, 6) is 0. The molecule has 0 spiro atoms. The summed E-state index contributed by atoms with van der Waals surface area (Å²) >= 11 is 0. The van der Waals surface area contributed by atoms with Crippen LogP contribution in [0.15, 0.2) is 35.1 Å². The zero-order chi connectivity index (χ0) is 14.8. The SMILES string of the molecule is CCCn1c(-c2ccc3c(c2)CCCC3)ccc(N)c1=O. The minimum atomic E-state index is -0.0768. The fourth-order valence-electron chi connectivity index (χ4n) is 3.19. The topological polar surface area (TPSA) is 48.0 Å². The van der Waals surface area contributed by atoms with Crippen molar-refractivity contribution in [3.05, 3.63) is 51.8 Å². The van der Waals surface area contributed by atoms with Gasteiger partial charge in [-0.3, -0.25) is 4.79 Å². The van der Waals surface area contributed by atoms with E-state index < -0.39 is 0 Å². The summed E-state index contributed by atoms with van der Waals surface area (Å²) in [7, 11) is 0. The second kappa shape index (κ2) is 5.76. The van der Waals surface area contributed by atoms with Crippen molar-refractivity contribution in [2.45, 2.75) is 45.6 Å². The van der Waals surface area contributed by atoms with Crippen LogP contribution in [0.1, 0.15) is 37.3 Å². The number of hydrogen-bond acceptors (Lipinski definition) is 2. The largest absolute Gasteiger partial charge is 0.394 e. The molecule has 3 heteroatoms. The highest BCUT2D eigenvalue weighted by molar-refractivity contribution is 5.63. The van der Waals surface area contributed by atoms with E-state index in [1.54, 1.807) is 10.6 Å². The van der Waals surface area contributed by atoms with Crippen molar-refractivity contribution in [2.24, 2.45) is 0 Å². The monoisotopic (exact) mass is 282 g/mol. The maximum absolute atomic E-state index is 12.3. The number of fused-ring (bicyclic) bond motifs is 1. The number of rotatable bonds is 3. The van der Waals surface area contributed by atoms with Gasteiger partial charge in [-0.2, -0.15) is 0 Å². The lowest BCUT2D eigenvalue weighted by molar-refractivity contribution is 0.661. The zero-order valence-electron chi connectivity index (χ0n) is 12.6. The van der Waals surface area contributed by atoms with Gasteiger partial charge in [-0.1, -0.05) is 19.1 Å². The quantitative estimate of drug-likeness (QED) is 0.938. The first-order valence-corrected chi connectivity index (χ1v) is 7.82. The predicted molar refractivity (Wildman–Crippen MR) is 87.5 cm³/mol. The fourth-order valence-corrected chi connectivity index (χ4v) is 3.19. The molecule has 0 atom stereocenters. The number of nitrogens with zero attached hydrogens (tertiary/aromatic N) is 1. The molecule has 1 aliphatic carbocycles. The van der Waals surface area contributed by atoms with Crippen LogP contribution in [-0.2, 0) is 19.4 Å². The molecule has 0 bridgehead atoms. The van der Waals surface area contributed by atoms with Gasteiger partial charge in [-0.15, -0.1) is 0 Å². The molecule has 2 aromatic rings. The Balaban J connectivity index is 2.12. The highest BCUT2D eigenvalue weighted by Crippen LogP contribution is 2.27. The van der Waals surface area contributed by atoms with Crippen molar-refractivity contribution in [3.63, 3.8) is 0 Å². The summed E-state index contributed by atoms with van der Waals surface area (Å²) in [6.45, 7) is 2.78. The molecule has 0 fully saturated rings. The van der Waals surface area contributed by atoms with E-state index in [1.807, 2.05) is 6.07 Å². The van der Waals surface area contributed by atoms with Crippen molar-refractivity contribution in [1.29, 1.82) is 0 Å². The Labute approximate surface area is 125 Å². The van der Waals surface area contributed by atoms with Crippen molar-refractivity contribution < 1.29 is 0 Å².